The summed E-state index contributed by atoms with van der Waals surface area (Å²) in [7, 11) is 0. The van der Waals surface area contributed by atoms with Gasteiger partial charge in [-0.05, 0) is 49.4 Å². The van der Waals surface area contributed by atoms with Crippen molar-refractivity contribution < 1.29 is 19.1 Å². The van der Waals surface area contributed by atoms with Gasteiger partial charge in [0.05, 0.1) is 12.2 Å². The zero-order chi connectivity index (χ0) is 17.5. The number of hydrogen-bond donors (Lipinski definition) is 2. The second-order valence-corrected chi connectivity index (χ2v) is 5.61. The number of oxazole rings is 1. The third-order valence-corrected chi connectivity index (χ3v) is 3.72. The van der Waals surface area contributed by atoms with Crippen LogP contribution in [0.3, 0.4) is 0 Å². The lowest BCUT2D eigenvalue weighted by Gasteiger charge is -2.07. The van der Waals surface area contributed by atoms with Gasteiger partial charge in [-0.15, -0.1) is 0 Å². The van der Waals surface area contributed by atoms with Crippen molar-refractivity contribution in [1.29, 1.82) is 0 Å². The number of nitrogens with one attached hydrogen (secondary N) is 1. The van der Waals surface area contributed by atoms with Gasteiger partial charge in [-0.2, -0.15) is 0 Å². The summed E-state index contributed by atoms with van der Waals surface area (Å²) in [6.45, 7) is 2.19. The number of fused-ring (bicyclic) bond motifs is 1. The number of carboxylic acids is 1. The Balaban J connectivity index is 1.30. The Morgan fingerprint density at radius 1 is 1.12 bits per heavy atom. The van der Waals surface area contributed by atoms with Crippen LogP contribution in [0.2, 0.25) is 0 Å². The van der Waals surface area contributed by atoms with Crippen LogP contribution in [0, 0.1) is 0 Å². The van der Waals surface area contributed by atoms with E-state index in [9.17, 15) is 4.79 Å². The third-order valence-electron chi connectivity index (χ3n) is 3.72. The molecule has 1 heterocycles. The molecule has 0 aliphatic heterocycles. The number of nitrogens with zero attached hydrogens (tertiary/aromatic N) is 1. The molecule has 130 valence electrons. The summed E-state index contributed by atoms with van der Waals surface area (Å²) < 4.78 is 11.2. The average Bonchev–Trinajstić information content (AvgIpc) is 3.04. The maximum Gasteiger partial charge on any atom is 0.335 e. The number of ether oxygens (including phenoxy) is 1. The first-order chi connectivity index (χ1) is 12.2. The van der Waals surface area contributed by atoms with Gasteiger partial charge in [0.1, 0.15) is 11.3 Å². The van der Waals surface area contributed by atoms with E-state index in [1.807, 2.05) is 24.3 Å². The lowest BCUT2D eigenvalue weighted by molar-refractivity contribution is 0.0697. The maximum absolute atomic E-state index is 10.8. The van der Waals surface area contributed by atoms with Gasteiger partial charge < -0.3 is 19.6 Å². The Bertz CT molecular complexity index is 794. The van der Waals surface area contributed by atoms with Crippen LogP contribution in [-0.4, -0.2) is 35.8 Å². The summed E-state index contributed by atoms with van der Waals surface area (Å²) in [6.07, 6.45) is 1.60. The molecule has 0 amide bonds. The first-order valence-corrected chi connectivity index (χ1v) is 8.24. The van der Waals surface area contributed by atoms with Crippen LogP contribution < -0.4 is 10.1 Å². The van der Waals surface area contributed by atoms with Crippen LogP contribution in [-0.2, 0) is 6.42 Å². The highest BCUT2D eigenvalue weighted by Crippen LogP contribution is 2.14. The van der Waals surface area contributed by atoms with Crippen LogP contribution in [0.1, 0.15) is 22.7 Å². The zero-order valence-corrected chi connectivity index (χ0v) is 13.8. The zero-order valence-electron chi connectivity index (χ0n) is 13.8. The van der Waals surface area contributed by atoms with Crippen LogP contribution in [0.25, 0.3) is 11.1 Å². The third kappa shape index (κ3) is 4.81. The Morgan fingerprint density at radius 3 is 2.68 bits per heavy atom. The molecule has 1 aromatic heterocycles. The quantitative estimate of drug-likeness (QED) is 0.582. The molecule has 0 bridgehead atoms. The SMILES string of the molecule is O=C(O)c1ccc(OCCCNCCc2nc3ccccc3o2)cc1. The molecule has 25 heavy (non-hydrogen) atoms. The first kappa shape index (κ1) is 17.0. The van der Waals surface area contributed by atoms with Gasteiger partial charge in [0.2, 0.25) is 0 Å². The van der Waals surface area contributed by atoms with Gasteiger partial charge in [0.25, 0.3) is 0 Å². The molecule has 2 aromatic carbocycles. The summed E-state index contributed by atoms with van der Waals surface area (Å²) in [5, 5.41) is 12.2. The molecule has 6 heteroatoms. The normalized spacial score (nSPS) is 10.9. The Hall–Kier alpha value is -2.86. The van der Waals surface area contributed by atoms with Crippen molar-refractivity contribution in [3.05, 3.63) is 60.0 Å². The second kappa shape index (κ2) is 8.30. The lowest BCUT2D eigenvalue weighted by atomic mass is 10.2. The number of rotatable bonds is 9. The summed E-state index contributed by atoms with van der Waals surface area (Å²) in [5.74, 6) is 0.481. The summed E-state index contributed by atoms with van der Waals surface area (Å²) in [5.41, 5.74) is 1.97. The van der Waals surface area contributed by atoms with E-state index in [1.54, 1.807) is 12.1 Å². The topological polar surface area (TPSA) is 84.6 Å². The first-order valence-electron chi connectivity index (χ1n) is 8.24. The fraction of sp³-hybridized carbons (Fsp3) is 0.263. The molecule has 0 aliphatic carbocycles. The van der Waals surface area contributed by atoms with Gasteiger partial charge in [-0.1, -0.05) is 12.1 Å². The Labute approximate surface area is 145 Å². The van der Waals surface area contributed by atoms with E-state index >= 15 is 0 Å². The predicted molar refractivity (Wildman–Crippen MR) is 94.1 cm³/mol. The van der Waals surface area contributed by atoms with Crippen molar-refractivity contribution in [2.24, 2.45) is 0 Å². The van der Waals surface area contributed by atoms with E-state index in [2.05, 4.69) is 10.3 Å². The molecular weight excluding hydrogens is 320 g/mol. The number of aromatic nitrogens is 1. The fourth-order valence-electron chi connectivity index (χ4n) is 2.43. The van der Waals surface area contributed by atoms with Gasteiger partial charge in [-0.25, -0.2) is 9.78 Å². The molecule has 0 fully saturated rings. The highest BCUT2D eigenvalue weighted by molar-refractivity contribution is 5.87. The standard InChI is InChI=1S/C19H20N2O4/c22-19(23)14-6-8-15(9-7-14)24-13-3-11-20-12-10-18-21-16-4-1-2-5-17(16)25-18/h1-2,4-9,20H,3,10-13H2,(H,22,23). The van der Waals surface area contributed by atoms with Crippen LogP contribution in [0.15, 0.2) is 52.9 Å². The van der Waals surface area contributed by atoms with Crippen molar-refractivity contribution in [2.75, 3.05) is 19.7 Å². The molecule has 3 rings (SSSR count). The molecule has 0 unspecified atom stereocenters. The Kier molecular flexibility index (Phi) is 5.64. The summed E-state index contributed by atoms with van der Waals surface area (Å²) in [6, 6.07) is 14.2. The number of carboxylic acid groups (broad SMARTS) is 1. The molecule has 0 aliphatic rings. The molecule has 3 aromatic rings. The van der Waals surface area contributed by atoms with Crippen molar-refractivity contribution >= 4 is 17.1 Å². The van der Waals surface area contributed by atoms with Crippen LogP contribution in [0.4, 0.5) is 0 Å². The average molecular weight is 340 g/mol. The predicted octanol–water partition coefficient (Wildman–Crippen LogP) is 3.13. The van der Waals surface area contributed by atoms with Crippen LogP contribution >= 0.6 is 0 Å². The molecule has 0 saturated heterocycles. The van der Waals surface area contributed by atoms with E-state index in [-0.39, 0.29) is 5.56 Å². The molecule has 0 spiro atoms. The van der Waals surface area contributed by atoms with E-state index in [4.69, 9.17) is 14.3 Å². The summed E-state index contributed by atoms with van der Waals surface area (Å²) in [4.78, 5) is 15.2. The number of benzene rings is 2. The van der Waals surface area contributed by atoms with E-state index < -0.39 is 5.97 Å². The Morgan fingerprint density at radius 2 is 1.92 bits per heavy atom. The highest BCUT2D eigenvalue weighted by Gasteiger charge is 2.04. The van der Waals surface area contributed by atoms with Gasteiger partial charge in [-0.3, -0.25) is 0 Å². The van der Waals surface area contributed by atoms with Crippen LogP contribution in [0.5, 0.6) is 5.75 Å². The van der Waals surface area contributed by atoms with Gasteiger partial charge in [0.15, 0.2) is 11.5 Å². The van der Waals surface area contributed by atoms with E-state index in [1.165, 1.54) is 12.1 Å². The van der Waals surface area contributed by atoms with E-state index in [0.29, 0.717) is 12.4 Å². The molecule has 0 radical (unpaired) electrons. The maximum atomic E-state index is 10.8. The highest BCUT2D eigenvalue weighted by atomic mass is 16.5. The molecule has 2 N–H and O–H groups in total. The minimum atomic E-state index is -0.935. The van der Waals surface area contributed by atoms with E-state index in [0.717, 1.165) is 42.9 Å². The smallest absolute Gasteiger partial charge is 0.335 e. The number of aromatic carboxylic acids is 1. The monoisotopic (exact) mass is 340 g/mol. The molecular formula is C19H20N2O4. The largest absolute Gasteiger partial charge is 0.494 e. The number of para-hydroxylation sites is 2. The van der Waals surface area contributed by atoms with Crippen molar-refractivity contribution in [3.63, 3.8) is 0 Å². The number of carbonyl (C=O) groups is 1. The fourth-order valence-corrected chi connectivity index (χ4v) is 2.43. The van der Waals surface area contributed by atoms with Crippen molar-refractivity contribution in [2.45, 2.75) is 12.8 Å². The van der Waals surface area contributed by atoms with Crippen molar-refractivity contribution in [3.8, 4) is 5.75 Å². The molecule has 0 atom stereocenters. The summed E-state index contributed by atoms with van der Waals surface area (Å²) >= 11 is 0. The molecule has 6 nitrogen and oxygen atoms in total. The van der Waals surface area contributed by atoms with Gasteiger partial charge in [0, 0.05) is 13.0 Å². The minimum absolute atomic E-state index is 0.258. The van der Waals surface area contributed by atoms with Gasteiger partial charge >= 0.3 is 5.97 Å². The lowest BCUT2D eigenvalue weighted by Crippen LogP contribution is -2.20. The minimum Gasteiger partial charge on any atom is -0.494 e. The second-order valence-electron chi connectivity index (χ2n) is 5.61. The number of hydrogen-bond acceptors (Lipinski definition) is 5. The molecule has 0 saturated carbocycles. The van der Waals surface area contributed by atoms with Crippen molar-refractivity contribution in [1.82, 2.24) is 10.3 Å².